The zero-order chi connectivity index (χ0) is 13.4. The van der Waals surface area contributed by atoms with Gasteiger partial charge in [0.2, 0.25) is 0 Å². The first-order valence-corrected chi connectivity index (χ1v) is 7.08. The molecule has 104 valence electrons. The fourth-order valence-corrected chi connectivity index (χ4v) is 2.30. The topological polar surface area (TPSA) is 39.1 Å². The van der Waals surface area contributed by atoms with Gasteiger partial charge in [0.1, 0.15) is 0 Å². The molecule has 0 saturated carbocycles. The average molecular weight is 253 g/mol. The third-order valence-corrected chi connectivity index (χ3v) is 3.14. The summed E-state index contributed by atoms with van der Waals surface area (Å²) < 4.78 is 7.56. The van der Waals surface area contributed by atoms with E-state index in [2.05, 4.69) is 23.8 Å². The van der Waals surface area contributed by atoms with Crippen molar-refractivity contribution in [1.29, 1.82) is 0 Å². The molecule has 0 aliphatic rings. The Balaban J connectivity index is 2.76. The number of ether oxygens (including phenoxy) is 1. The highest BCUT2D eigenvalue weighted by molar-refractivity contribution is 5.26. The number of hydrogen-bond acceptors (Lipinski definition) is 3. The smallest absolute Gasteiger partial charge is 0.0669 e. The van der Waals surface area contributed by atoms with Crippen LogP contribution < -0.4 is 5.32 Å². The molecule has 4 nitrogen and oxygen atoms in total. The minimum atomic E-state index is 0.797. The van der Waals surface area contributed by atoms with Crippen molar-refractivity contribution in [2.45, 2.75) is 53.1 Å². The molecular weight excluding hydrogens is 226 g/mol. The second-order valence-corrected chi connectivity index (χ2v) is 4.38. The van der Waals surface area contributed by atoms with E-state index in [-0.39, 0.29) is 0 Å². The van der Waals surface area contributed by atoms with Crippen LogP contribution in [0.1, 0.15) is 44.1 Å². The van der Waals surface area contributed by atoms with Crippen LogP contribution >= 0.6 is 0 Å². The van der Waals surface area contributed by atoms with E-state index >= 15 is 0 Å². The molecule has 18 heavy (non-hydrogen) atoms. The van der Waals surface area contributed by atoms with Gasteiger partial charge in [-0.2, -0.15) is 5.10 Å². The van der Waals surface area contributed by atoms with Gasteiger partial charge in [0.25, 0.3) is 0 Å². The molecule has 1 aromatic rings. The first-order valence-electron chi connectivity index (χ1n) is 7.08. The molecule has 0 spiro atoms. The van der Waals surface area contributed by atoms with Crippen LogP contribution in [-0.4, -0.2) is 30.0 Å². The van der Waals surface area contributed by atoms with Crippen molar-refractivity contribution in [2.24, 2.45) is 0 Å². The molecule has 1 aromatic heterocycles. The Kier molecular flexibility index (Phi) is 6.98. The van der Waals surface area contributed by atoms with E-state index in [1.807, 2.05) is 14.0 Å². The maximum atomic E-state index is 5.39. The second-order valence-electron chi connectivity index (χ2n) is 4.38. The highest BCUT2D eigenvalue weighted by Crippen LogP contribution is 2.16. The summed E-state index contributed by atoms with van der Waals surface area (Å²) in [5.41, 5.74) is 3.99. The zero-order valence-electron chi connectivity index (χ0n) is 12.3. The fraction of sp³-hybridized carbons (Fsp3) is 0.786. The molecule has 0 saturated heterocycles. The Morgan fingerprint density at radius 1 is 1.22 bits per heavy atom. The lowest BCUT2D eigenvalue weighted by molar-refractivity contribution is 0.140. The second kappa shape index (κ2) is 8.27. The Labute approximate surface area is 111 Å². The molecule has 1 rings (SSSR count). The zero-order valence-corrected chi connectivity index (χ0v) is 12.3. The van der Waals surface area contributed by atoms with Gasteiger partial charge in [-0.05, 0) is 33.2 Å². The number of hydrogen-bond donors (Lipinski definition) is 1. The van der Waals surface area contributed by atoms with E-state index in [0.717, 1.165) is 45.6 Å². The lowest BCUT2D eigenvalue weighted by Gasteiger charge is -2.08. The molecule has 4 heteroatoms. The molecule has 1 N–H and O–H groups in total. The van der Waals surface area contributed by atoms with Crippen molar-refractivity contribution in [3.05, 3.63) is 17.0 Å². The highest BCUT2D eigenvalue weighted by Gasteiger charge is 2.14. The van der Waals surface area contributed by atoms with Crippen molar-refractivity contribution < 1.29 is 4.74 Å². The number of rotatable bonds is 9. The third-order valence-electron chi connectivity index (χ3n) is 3.14. The van der Waals surface area contributed by atoms with E-state index in [1.165, 1.54) is 17.0 Å². The highest BCUT2D eigenvalue weighted by atomic mass is 16.5. The van der Waals surface area contributed by atoms with Gasteiger partial charge in [-0.25, -0.2) is 0 Å². The quantitative estimate of drug-likeness (QED) is 0.685. The maximum absolute atomic E-state index is 5.39. The minimum Gasteiger partial charge on any atom is -0.382 e. The summed E-state index contributed by atoms with van der Waals surface area (Å²) in [6.45, 7) is 9.90. The van der Waals surface area contributed by atoms with Crippen molar-refractivity contribution in [2.75, 3.05) is 20.3 Å². The van der Waals surface area contributed by atoms with Crippen LogP contribution in [0.15, 0.2) is 0 Å². The number of nitrogens with zero attached hydrogens (tertiary/aromatic N) is 2. The third kappa shape index (κ3) is 3.82. The van der Waals surface area contributed by atoms with Gasteiger partial charge in [0, 0.05) is 37.6 Å². The monoisotopic (exact) mass is 253 g/mol. The van der Waals surface area contributed by atoms with Crippen LogP contribution in [0.4, 0.5) is 0 Å². The van der Waals surface area contributed by atoms with Gasteiger partial charge in [-0.3, -0.25) is 4.68 Å². The number of aryl methyl sites for hydroxylation is 2. The van der Waals surface area contributed by atoms with Crippen LogP contribution in [0.3, 0.4) is 0 Å². The molecule has 0 aliphatic heterocycles. The molecular formula is C14H27N3O. The first kappa shape index (κ1) is 15.2. The van der Waals surface area contributed by atoms with Crippen LogP contribution in [0.2, 0.25) is 0 Å². The molecule has 0 aromatic carbocycles. The lowest BCUT2D eigenvalue weighted by atomic mass is 10.1. The summed E-state index contributed by atoms with van der Waals surface area (Å²) in [6.07, 6.45) is 3.08. The molecule has 0 fully saturated rings. The van der Waals surface area contributed by atoms with E-state index in [0.29, 0.717) is 0 Å². The molecule has 0 radical (unpaired) electrons. The van der Waals surface area contributed by atoms with Gasteiger partial charge < -0.3 is 10.1 Å². The van der Waals surface area contributed by atoms with Gasteiger partial charge in [0.15, 0.2) is 0 Å². The molecule has 0 bridgehead atoms. The van der Waals surface area contributed by atoms with Gasteiger partial charge in [0.05, 0.1) is 5.69 Å². The normalized spacial score (nSPS) is 11.1. The van der Waals surface area contributed by atoms with E-state index in [9.17, 15) is 0 Å². The predicted molar refractivity (Wildman–Crippen MR) is 74.9 cm³/mol. The van der Waals surface area contributed by atoms with Gasteiger partial charge in [-0.15, -0.1) is 0 Å². The SMILES string of the molecule is CCOCCCn1nc(CC)c(CNC)c1CC. The summed E-state index contributed by atoms with van der Waals surface area (Å²) in [6, 6.07) is 0. The minimum absolute atomic E-state index is 0.797. The number of aromatic nitrogens is 2. The number of nitrogens with one attached hydrogen (secondary N) is 1. The Morgan fingerprint density at radius 3 is 2.56 bits per heavy atom. The predicted octanol–water partition coefficient (Wildman–Crippen LogP) is 2.15. The van der Waals surface area contributed by atoms with Gasteiger partial charge in [-0.1, -0.05) is 13.8 Å². The van der Waals surface area contributed by atoms with E-state index < -0.39 is 0 Å². The summed E-state index contributed by atoms with van der Waals surface area (Å²) in [7, 11) is 1.99. The molecule has 0 atom stereocenters. The summed E-state index contributed by atoms with van der Waals surface area (Å²) in [5.74, 6) is 0. The van der Waals surface area contributed by atoms with Crippen LogP contribution in [-0.2, 0) is 30.7 Å². The van der Waals surface area contributed by atoms with Crippen molar-refractivity contribution in [1.82, 2.24) is 15.1 Å². The first-order chi connectivity index (χ1) is 8.78. The summed E-state index contributed by atoms with van der Waals surface area (Å²) >= 11 is 0. The Bertz CT molecular complexity index is 347. The van der Waals surface area contributed by atoms with Crippen LogP contribution in [0, 0.1) is 0 Å². The fourth-order valence-electron chi connectivity index (χ4n) is 2.30. The molecule has 1 heterocycles. The van der Waals surface area contributed by atoms with Crippen molar-refractivity contribution in [3.8, 4) is 0 Å². The van der Waals surface area contributed by atoms with Crippen molar-refractivity contribution >= 4 is 0 Å². The van der Waals surface area contributed by atoms with Gasteiger partial charge >= 0.3 is 0 Å². The van der Waals surface area contributed by atoms with E-state index in [1.54, 1.807) is 0 Å². The lowest BCUT2D eigenvalue weighted by Crippen LogP contribution is -2.11. The largest absolute Gasteiger partial charge is 0.382 e. The Hall–Kier alpha value is -0.870. The van der Waals surface area contributed by atoms with Crippen molar-refractivity contribution in [3.63, 3.8) is 0 Å². The van der Waals surface area contributed by atoms with Crippen LogP contribution in [0.25, 0.3) is 0 Å². The van der Waals surface area contributed by atoms with Crippen LogP contribution in [0.5, 0.6) is 0 Å². The Morgan fingerprint density at radius 2 is 2.00 bits per heavy atom. The van der Waals surface area contributed by atoms with E-state index in [4.69, 9.17) is 9.84 Å². The molecule has 0 aliphatic carbocycles. The maximum Gasteiger partial charge on any atom is 0.0669 e. The molecule has 0 unspecified atom stereocenters. The summed E-state index contributed by atoms with van der Waals surface area (Å²) in [5, 5.41) is 7.98. The average Bonchev–Trinajstić information content (AvgIpc) is 2.72. The summed E-state index contributed by atoms with van der Waals surface area (Å²) in [4.78, 5) is 0. The molecule has 0 amide bonds. The standard InChI is InChI=1S/C14H27N3O/c1-5-13-12(11-15-4)14(6-2)17(16-13)9-8-10-18-7-3/h15H,5-11H2,1-4H3.